The Morgan fingerprint density at radius 2 is 2.27 bits per heavy atom. The summed E-state index contributed by atoms with van der Waals surface area (Å²) in [5.41, 5.74) is 1.38. The molecule has 3 heterocycles. The molecule has 0 amide bonds. The van der Waals surface area contributed by atoms with E-state index in [2.05, 4.69) is 17.9 Å². The summed E-state index contributed by atoms with van der Waals surface area (Å²) in [6.07, 6.45) is 9.18. The molecule has 2 aliphatic heterocycles. The maximum absolute atomic E-state index is 5.22. The van der Waals surface area contributed by atoms with Crippen LogP contribution in [-0.4, -0.2) is 17.5 Å². The van der Waals surface area contributed by atoms with Crippen LogP contribution in [0.5, 0.6) is 0 Å². The van der Waals surface area contributed by atoms with Crippen molar-refractivity contribution in [2.24, 2.45) is 5.92 Å². The molecule has 0 aliphatic carbocycles. The van der Waals surface area contributed by atoms with Crippen LogP contribution in [0.1, 0.15) is 44.2 Å². The first-order chi connectivity index (χ1) is 7.36. The van der Waals surface area contributed by atoms with E-state index >= 15 is 0 Å². The third-order valence-corrected chi connectivity index (χ3v) is 4.22. The highest BCUT2D eigenvalue weighted by molar-refractivity contribution is 5.14. The number of hydrogen-bond acceptors (Lipinski definition) is 2. The van der Waals surface area contributed by atoms with Gasteiger partial charge in [-0.05, 0) is 44.2 Å². The van der Waals surface area contributed by atoms with Gasteiger partial charge in [0.15, 0.2) is 0 Å². The van der Waals surface area contributed by atoms with Crippen LogP contribution in [0.2, 0.25) is 0 Å². The normalized spacial score (nSPS) is 36.7. The average Bonchev–Trinajstić information content (AvgIpc) is 2.88. The number of piperidine rings is 1. The Kier molecular flexibility index (Phi) is 2.32. The zero-order valence-electron chi connectivity index (χ0n) is 9.36. The van der Waals surface area contributed by atoms with E-state index in [1.807, 2.05) is 6.26 Å². The molecule has 15 heavy (non-hydrogen) atoms. The second-order valence-corrected chi connectivity index (χ2v) is 5.07. The molecule has 82 valence electrons. The van der Waals surface area contributed by atoms with E-state index < -0.39 is 0 Å². The van der Waals surface area contributed by atoms with E-state index in [0.717, 1.165) is 12.0 Å². The van der Waals surface area contributed by atoms with E-state index in [1.165, 1.54) is 37.8 Å². The molecule has 1 aromatic rings. The van der Waals surface area contributed by atoms with E-state index in [-0.39, 0.29) is 0 Å². The third kappa shape index (κ3) is 1.51. The maximum atomic E-state index is 5.22. The molecular weight excluding hydrogens is 186 g/mol. The summed E-state index contributed by atoms with van der Waals surface area (Å²) in [5, 5.41) is 0. The maximum Gasteiger partial charge on any atom is 0.0950 e. The second kappa shape index (κ2) is 3.67. The largest absolute Gasteiger partial charge is 0.472 e. The molecule has 2 aliphatic rings. The van der Waals surface area contributed by atoms with Gasteiger partial charge in [0.1, 0.15) is 0 Å². The van der Waals surface area contributed by atoms with Gasteiger partial charge < -0.3 is 4.42 Å². The van der Waals surface area contributed by atoms with Crippen LogP contribution in [0.3, 0.4) is 0 Å². The predicted molar refractivity (Wildman–Crippen MR) is 59.6 cm³/mol. The highest BCUT2D eigenvalue weighted by atomic mass is 16.3. The molecule has 0 saturated carbocycles. The smallest absolute Gasteiger partial charge is 0.0950 e. The number of hydrogen-bond donors (Lipinski definition) is 0. The Bertz CT molecular complexity index is 319. The molecule has 0 spiro atoms. The predicted octanol–water partition coefficient (Wildman–Crippen LogP) is 3.22. The van der Waals surface area contributed by atoms with Crippen LogP contribution in [-0.2, 0) is 0 Å². The molecular formula is C13H19NO. The number of nitrogens with zero attached hydrogens (tertiary/aromatic N) is 1. The lowest BCUT2D eigenvalue weighted by Crippen LogP contribution is -2.41. The summed E-state index contributed by atoms with van der Waals surface area (Å²) in [6.45, 7) is 3.69. The van der Waals surface area contributed by atoms with Crippen molar-refractivity contribution in [3.8, 4) is 0 Å². The Hall–Kier alpha value is -0.760. The monoisotopic (exact) mass is 205 g/mol. The molecule has 0 N–H and O–H groups in total. The van der Waals surface area contributed by atoms with Crippen LogP contribution in [0.4, 0.5) is 0 Å². The van der Waals surface area contributed by atoms with Gasteiger partial charge in [-0.3, -0.25) is 4.90 Å². The van der Waals surface area contributed by atoms with Crippen molar-refractivity contribution in [1.82, 2.24) is 4.90 Å². The summed E-state index contributed by atoms with van der Waals surface area (Å²) < 4.78 is 5.22. The minimum absolute atomic E-state index is 0.632. The zero-order valence-corrected chi connectivity index (χ0v) is 9.36. The lowest BCUT2D eigenvalue weighted by molar-refractivity contribution is 0.0812. The molecule has 2 nitrogen and oxygen atoms in total. The first-order valence-corrected chi connectivity index (χ1v) is 6.14. The molecule has 3 atom stereocenters. The van der Waals surface area contributed by atoms with Gasteiger partial charge in [-0.1, -0.05) is 6.92 Å². The summed E-state index contributed by atoms with van der Waals surface area (Å²) in [5.74, 6) is 0.885. The van der Waals surface area contributed by atoms with Crippen LogP contribution in [0.25, 0.3) is 0 Å². The van der Waals surface area contributed by atoms with Gasteiger partial charge in [0.05, 0.1) is 12.5 Å². The average molecular weight is 205 g/mol. The SMILES string of the molecule is C[C@H]1CC[C@H](c2ccoc2)N2CCC[C@@H]12. The quantitative estimate of drug-likeness (QED) is 0.700. The molecule has 0 radical (unpaired) electrons. The fourth-order valence-electron chi connectivity index (χ4n) is 3.41. The van der Waals surface area contributed by atoms with Crippen molar-refractivity contribution >= 4 is 0 Å². The summed E-state index contributed by atoms with van der Waals surface area (Å²) in [7, 11) is 0. The van der Waals surface area contributed by atoms with Crippen molar-refractivity contribution < 1.29 is 4.42 Å². The Morgan fingerprint density at radius 1 is 1.33 bits per heavy atom. The molecule has 1 aromatic heterocycles. The molecule has 0 bridgehead atoms. The first-order valence-electron chi connectivity index (χ1n) is 6.14. The van der Waals surface area contributed by atoms with Gasteiger partial charge in [0.2, 0.25) is 0 Å². The van der Waals surface area contributed by atoms with Gasteiger partial charge in [-0.25, -0.2) is 0 Å². The lowest BCUT2D eigenvalue weighted by Gasteiger charge is -2.41. The van der Waals surface area contributed by atoms with E-state index in [0.29, 0.717) is 6.04 Å². The molecule has 3 rings (SSSR count). The number of furan rings is 1. The minimum Gasteiger partial charge on any atom is -0.472 e. The first kappa shape index (κ1) is 9.46. The van der Waals surface area contributed by atoms with Crippen LogP contribution in [0.15, 0.2) is 23.0 Å². The Labute approximate surface area is 91.3 Å². The molecule has 2 heteroatoms. The highest BCUT2D eigenvalue weighted by Crippen LogP contribution is 2.41. The van der Waals surface area contributed by atoms with E-state index in [1.54, 1.807) is 6.26 Å². The standard InChI is InChI=1S/C13H19NO/c1-10-4-5-13(11-6-8-15-9-11)14-7-2-3-12(10)14/h6,8-10,12-13H,2-5,7H2,1H3/t10-,12-,13+/m0/s1. The Morgan fingerprint density at radius 3 is 3.07 bits per heavy atom. The fraction of sp³-hybridized carbons (Fsp3) is 0.692. The minimum atomic E-state index is 0.632. The van der Waals surface area contributed by atoms with Gasteiger partial charge in [-0.15, -0.1) is 0 Å². The molecule has 2 saturated heterocycles. The van der Waals surface area contributed by atoms with Crippen LogP contribution < -0.4 is 0 Å². The number of fused-ring (bicyclic) bond motifs is 1. The third-order valence-electron chi connectivity index (χ3n) is 4.22. The van der Waals surface area contributed by atoms with Crippen molar-refractivity contribution in [2.45, 2.75) is 44.7 Å². The van der Waals surface area contributed by atoms with Gasteiger partial charge in [-0.2, -0.15) is 0 Å². The second-order valence-electron chi connectivity index (χ2n) is 5.07. The van der Waals surface area contributed by atoms with Crippen molar-refractivity contribution in [2.75, 3.05) is 6.54 Å². The van der Waals surface area contributed by atoms with Crippen molar-refractivity contribution in [1.29, 1.82) is 0 Å². The van der Waals surface area contributed by atoms with Gasteiger partial charge in [0, 0.05) is 17.6 Å². The van der Waals surface area contributed by atoms with Gasteiger partial charge in [0.25, 0.3) is 0 Å². The van der Waals surface area contributed by atoms with E-state index in [4.69, 9.17) is 4.42 Å². The summed E-state index contributed by atoms with van der Waals surface area (Å²) >= 11 is 0. The number of rotatable bonds is 1. The van der Waals surface area contributed by atoms with Gasteiger partial charge >= 0.3 is 0 Å². The fourth-order valence-corrected chi connectivity index (χ4v) is 3.41. The summed E-state index contributed by atoms with van der Waals surface area (Å²) in [4.78, 5) is 2.71. The van der Waals surface area contributed by atoms with Crippen molar-refractivity contribution in [3.05, 3.63) is 24.2 Å². The Balaban J connectivity index is 1.85. The van der Waals surface area contributed by atoms with Crippen LogP contribution in [0, 0.1) is 5.92 Å². The van der Waals surface area contributed by atoms with Crippen molar-refractivity contribution in [3.63, 3.8) is 0 Å². The summed E-state index contributed by atoms with van der Waals surface area (Å²) in [6, 6.07) is 3.60. The topological polar surface area (TPSA) is 16.4 Å². The highest BCUT2D eigenvalue weighted by Gasteiger charge is 2.38. The molecule has 0 aromatic carbocycles. The van der Waals surface area contributed by atoms with Crippen LogP contribution >= 0.6 is 0 Å². The molecule has 2 fully saturated rings. The van der Waals surface area contributed by atoms with E-state index in [9.17, 15) is 0 Å². The molecule has 0 unspecified atom stereocenters. The lowest BCUT2D eigenvalue weighted by atomic mass is 9.85. The zero-order chi connectivity index (χ0) is 10.3.